The summed E-state index contributed by atoms with van der Waals surface area (Å²) in [5, 5.41) is 13.5. The van der Waals surface area contributed by atoms with E-state index in [0.29, 0.717) is 6.54 Å². The van der Waals surface area contributed by atoms with Crippen LogP contribution in [-0.4, -0.2) is 52.6 Å². The number of nitrogens with one attached hydrogen (secondary N) is 2. The lowest BCUT2D eigenvalue weighted by Crippen LogP contribution is -2.48. The summed E-state index contributed by atoms with van der Waals surface area (Å²) < 4.78 is 0. The molecule has 2 unspecified atom stereocenters. The third-order valence-corrected chi connectivity index (χ3v) is 2.84. The number of rotatable bonds is 4. The number of hydrogen-bond donors (Lipinski definition) is 3. The smallest absolute Gasteiger partial charge is 0.325 e. The van der Waals surface area contributed by atoms with Gasteiger partial charge in [0.25, 0.3) is 0 Å². The maximum Gasteiger partial charge on any atom is 0.325 e. The van der Waals surface area contributed by atoms with Crippen LogP contribution < -0.4 is 10.6 Å². The van der Waals surface area contributed by atoms with E-state index in [1.165, 1.54) is 6.92 Å². The van der Waals surface area contributed by atoms with Crippen LogP contribution in [0.25, 0.3) is 0 Å². The molecule has 102 valence electrons. The SMILES string of the molecule is CC(NC(=O)NC1CC(=O)N(C(C)C)C1)C(=O)O. The van der Waals surface area contributed by atoms with Crippen molar-refractivity contribution >= 4 is 17.9 Å². The molecule has 0 radical (unpaired) electrons. The van der Waals surface area contributed by atoms with Gasteiger partial charge in [0.05, 0.1) is 6.04 Å². The molecule has 0 aromatic carbocycles. The van der Waals surface area contributed by atoms with Gasteiger partial charge in [0.15, 0.2) is 0 Å². The van der Waals surface area contributed by atoms with E-state index in [1.807, 2.05) is 13.8 Å². The maximum atomic E-state index is 11.6. The van der Waals surface area contributed by atoms with E-state index >= 15 is 0 Å². The highest BCUT2D eigenvalue weighted by Gasteiger charge is 2.32. The minimum Gasteiger partial charge on any atom is -0.480 e. The summed E-state index contributed by atoms with van der Waals surface area (Å²) in [6, 6.07) is -1.68. The Balaban J connectivity index is 2.43. The van der Waals surface area contributed by atoms with Gasteiger partial charge in [-0.05, 0) is 20.8 Å². The first-order valence-electron chi connectivity index (χ1n) is 5.90. The Kier molecular flexibility index (Phi) is 4.52. The van der Waals surface area contributed by atoms with Crippen molar-refractivity contribution < 1.29 is 19.5 Å². The molecule has 1 rings (SSSR count). The number of carbonyl (C=O) groups is 3. The first kappa shape index (κ1) is 14.3. The van der Waals surface area contributed by atoms with Crippen LogP contribution in [-0.2, 0) is 9.59 Å². The van der Waals surface area contributed by atoms with Gasteiger partial charge in [0.1, 0.15) is 6.04 Å². The van der Waals surface area contributed by atoms with Crippen molar-refractivity contribution in [2.45, 2.75) is 45.3 Å². The molecule has 0 aliphatic carbocycles. The van der Waals surface area contributed by atoms with Crippen molar-refractivity contribution in [1.82, 2.24) is 15.5 Å². The van der Waals surface area contributed by atoms with Gasteiger partial charge in [0, 0.05) is 19.0 Å². The fraction of sp³-hybridized carbons (Fsp3) is 0.727. The van der Waals surface area contributed by atoms with Crippen molar-refractivity contribution in [3.05, 3.63) is 0 Å². The second-order valence-electron chi connectivity index (χ2n) is 4.72. The van der Waals surface area contributed by atoms with Crippen LogP contribution in [0.3, 0.4) is 0 Å². The monoisotopic (exact) mass is 257 g/mol. The first-order valence-corrected chi connectivity index (χ1v) is 5.90. The first-order chi connectivity index (χ1) is 8.31. The van der Waals surface area contributed by atoms with E-state index in [2.05, 4.69) is 10.6 Å². The third kappa shape index (κ3) is 3.61. The van der Waals surface area contributed by atoms with Gasteiger partial charge >= 0.3 is 12.0 Å². The summed E-state index contributed by atoms with van der Waals surface area (Å²) in [6.45, 7) is 5.66. The molecule has 18 heavy (non-hydrogen) atoms. The topological polar surface area (TPSA) is 98.7 Å². The lowest BCUT2D eigenvalue weighted by molar-refractivity contribution is -0.138. The summed E-state index contributed by atoms with van der Waals surface area (Å²) >= 11 is 0. The van der Waals surface area contributed by atoms with Gasteiger partial charge in [-0.15, -0.1) is 0 Å². The number of amides is 3. The number of urea groups is 1. The Hall–Kier alpha value is -1.79. The molecule has 1 heterocycles. The van der Waals surface area contributed by atoms with Crippen LogP contribution in [0.1, 0.15) is 27.2 Å². The van der Waals surface area contributed by atoms with Crippen LogP contribution in [0.15, 0.2) is 0 Å². The van der Waals surface area contributed by atoms with Crippen molar-refractivity contribution in [3.63, 3.8) is 0 Å². The lowest BCUT2D eigenvalue weighted by atomic mass is 10.2. The minimum atomic E-state index is -1.10. The van der Waals surface area contributed by atoms with Crippen molar-refractivity contribution in [3.8, 4) is 0 Å². The zero-order valence-electron chi connectivity index (χ0n) is 10.8. The van der Waals surface area contributed by atoms with Crippen molar-refractivity contribution in [2.24, 2.45) is 0 Å². The van der Waals surface area contributed by atoms with Gasteiger partial charge in [-0.3, -0.25) is 9.59 Å². The lowest BCUT2D eigenvalue weighted by Gasteiger charge is -2.21. The molecule has 7 nitrogen and oxygen atoms in total. The number of carbonyl (C=O) groups excluding carboxylic acids is 2. The van der Waals surface area contributed by atoms with Gasteiger partial charge in [-0.1, -0.05) is 0 Å². The van der Waals surface area contributed by atoms with Crippen LogP contribution >= 0.6 is 0 Å². The molecule has 0 spiro atoms. The van der Waals surface area contributed by atoms with Crippen LogP contribution in [0, 0.1) is 0 Å². The Morgan fingerprint density at radius 2 is 2.00 bits per heavy atom. The molecule has 3 amide bonds. The summed E-state index contributed by atoms with van der Waals surface area (Å²) in [7, 11) is 0. The van der Waals surface area contributed by atoms with Gasteiger partial charge in [0.2, 0.25) is 5.91 Å². The largest absolute Gasteiger partial charge is 0.480 e. The van der Waals surface area contributed by atoms with Gasteiger partial charge in [-0.25, -0.2) is 4.79 Å². The molecule has 0 bridgehead atoms. The number of hydrogen-bond acceptors (Lipinski definition) is 3. The summed E-state index contributed by atoms with van der Waals surface area (Å²) in [5.41, 5.74) is 0. The van der Waals surface area contributed by atoms with Crippen LogP contribution in [0.2, 0.25) is 0 Å². The van der Waals surface area contributed by atoms with Crippen LogP contribution in [0.5, 0.6) is 0 Å². The van der Waals surface area contributed by atoms with E-state index in [1.54, 1.807) is 4.90 Å². The second-order valence-corrected chi connectivity index (χ2v) is 4.72. The summed E-state index contributed by atoms with van der Waals surface area (Å²) in [6.07, 6.45) is 0.257. The Morgan fingerprint density at radius 3 is 2.44 bits per heavy atom. The molecule has 1 saturated heterocycles. The molecule has 0 aromatic rings. The van der Waals surface area contributed by atoms with Crippen molar-refractivity contribution in [1.29, 1.82) is 0 Å². The predicted molar refractivity (Wildman–Crippen MR) is 64.0 cm³/mol. The quantitative estimate of drug-likeness (QED) is 0.647. The highest BCUT2D eigenvalue weighted by molar-refractivity contribution is 5.84. The number of likely N-dealkylation sites (tertiary alicyclic amines) is 1. The van der Waals surface area contributed by atoms with Gasteiger partial charge < -0.3 is 20.6 Å². The number of carboxylic acid groups (broad SMARTS) is 1. The fourth-order valence-electron chi connectivity index (χ4n) is 1.81. The standard InChI is InChI=1S/C11H19N3O4/c1-6(2)14-5-8(4-9(14)15)13-11(18)12-7(3)10(16)17/h6-8H,4-5H2,1-3H3,(H,16,17)(H2,12,13,18). The number of nitrogens with zero attached hydrogens (tertiary/aromatic N) is 1. The molecular weight excluding hydrogens is 238 g/mol. The molecule has 1 fully saturated rings. The third-order valence-electron chi connectivity index (χ3n) is 2.84. The van der Waals surface area contributed by atoms with Crippen LogP contribution in [0.4, 0.5) is 4.79 Å². The van der Waals surface area contributed by atoms with E-state index in [9.17, 15) is 14.4 Å². The molecule has 0 saturated carbocycles. The van der Waals surface area contributed by atoms with E-state index in [0.717, 1.165) is 0 Å². The number of carboxylic acids is 1. The average molecular weight is 257 g/mol. The Bertz CT molecular complexity index is 356. The van der Waals surface area contributed by atoms with Crippen molar-refractivity contribution in [2.75, 3.05) is 6.54 Å². The predicted octanol–water partition coefficient (Wildman–Crippen LogP) is -0.232. The summed E-state index contributed by atoms with van der Waals surface area (Å²) in [5.74, 6) is -1.10. The molecule has 1 aliphatic rings. The molecular formula is C11H19N3O4. The zero-order valence-corrected chi connectivity index (χ0v) is 10.8. The van der Waals surface area contributed by atoms with E-state index in [-0.39, 0.29) is 24.4 Å². The normalized spacial score (nSPS) is 21.0. The number of aliphatic carboxylic acids is 1. The molecule has 0 aromatic heterocycles. The molecule has 3 N–H and O–H groups in total. The highest BCUT2D eigenvalue weighted by Crippen LogP contribution is 2.13. The minimum absolute atomic E-state index is 0.00147. The fourth-order valence-corrected chi connectivity index (χ4v) is 1.81. The maximum absolute atomic E-state index is 11.6. The summed E-state index contributed by atoms with van der Waals surface area (Å²) in [4.78, 5) is 35.3. The van der Waals surface area contributed by atoms with Gasteiger partial charge in [-0.2, -0.15) is 0 Å². The van der Waals surface area contributed by atoms with E-state index < -0.39 is 18.0 Å². The zero-order chi connectivity index (χ0) is 13.9. The highest BCUT2D eigenvalue weighted by atomic mass is 16.4. The average Bonchev–Trinajstić information content (AvgIpc) is 2.58. The Morgan fingerprint density at radius 1 is 1.39 bits per heavy atom. The Labute approximate surface area is 106 Å². The molecule has 1 aliphatic heterocycles. The molecule has 2 atom stereocenters. The second kappa shape index (κ2) is 5.70. The molecule has 7 heteroatoms. The van der Waals surface area contributed by atoms with E-state index in [4.69, 9.17) is 5.11 Å².